The summed E-state index contributed by atoms with van der Waals surface area (Å²) in [7, 11) is 1.64. The van der Waals surface area contributed by atoms with E-state index in [1.165, 1.54) is 43.1 Å². The molecule has 1 aromatic carbocycles. The predicted molar refractivity (Wildman–Crippen MR) is 142 cm³/mol. The van der Waals surface area contributed by atoms with Crippen LogP contribution in [0.1, 0.15) is 49.7 Å². The van der Waals surface area contributed by atoms with Crippen LogP contribution in [0.5, 0.6) is 5.75 Å². The van der Waals surface area contributed by atoms with Gasteiger partial charge in [-0.25, -0.2) is 8.42 Å². The van der Waals surface area contributed by atoms with Crippen molar-refractivity contribution in [3.8, 4) is 5.75 Å². The molecule has 2 fully saturated rings. The number of hydrogen-bond acceptors (Lipinski definition) is 6. The number of piperidine rings is 2. The standard InChI is InChI=1S/C27H45N3O5S/c1-21-18-25(34-5)19-22(2)27(21)36(32,33)29(4)16-17-35-20-26(31)30-14-10-24(11-15-30)7-6-23-8-12-28(3)13-9-23/h18-19,23-24H,6-17,20H2,1-5H3. The van der Waals surface area contributed by atoms with Crippen LogP contribution in [0.25, 0.3) is 0 Å². The summed E-state index contributed by atoms with van der Waals surface area (Å²) in [6.07, 6.45) is 7.38. The number of methoxy groups -OCH3 is 1. The van der Waals surface area contributed by atoms with Crippen LogP contribution < -0.4 is 4.74 Å². The first kappa shape index (κ1) is 28.9. The van der Waals surface area contributed by atoms with Crippen molar-refractivity contribution in [1.82, 2.24) is 14.1 Å². The van der Waals surface area contributed by atoms with Gasteiger partial charge in [0.25, 0.3) is 0 Å². The van der Waals surface area contributed by atoms with Gasteiger partial charge in [-0.2, -0.15) is 4.31 Å². The predicted octanol–water partition coefficient (Wildman–Crippen LogP) is 3.31. The highest BCUT2D eigenvalue weighted by molar-refractivity contribution is 7.89. The third kappa shape index (κ3) is 7.66. The fraction of sp³-hybridized carbons (Fsp3) is 0.741. The molecule has 0 unspecified atom stereocenters. The van der Waals surface area contributed by atoms with Crippen LogP contribution >= 0.6 is 0 Å². The van der Waals surface area contributed by atoms with Gasteiger partial charge in [-0.05, 0) is 94.8 Å². The minimum Gasteiger partial charge on any atom is -0.497 e. The van der Waals surface area contributed by atoms with Crippen LogP contribution in [0.3, 0.4) is 0 Å². The molecule has 1 amide bonds. The molecule has 2 saturated heterocycles. The van der Waals surface area contributed by atoms with Crippen LogP contribution in [0.4, 0.5) is 0 Å². The molecule has 2 heterocycles. The Kier molecular flexibility index (Phi) is 10.6. The molecule has 0 atom stereocenters. The van der Waals surface area contributed by atoms with Crippen molar-refractivity contribution in [1.29, 1.82) is 0 Å². The summed E-state index contributed by atoms with van der Waals surface area (Å²) >= 11 is 0. The highest BCUT2D eigenvalue weighted by atomic mass is 32.2. The first-order valence-electron chi connectivity index (χ1n) is 13.3. The fourth-order valence-electron chi connectivity index (χ4n) is 5.45. The number of amides is 1. The summed E-state index contributed by atoms with van der Waals surface area (Å²) in [5.41, 5.74) is 1.29. The van der Waals surface area contributed by atoms with Gasteiger partial charge in [0, 0.05) is 26.7 Å². The number of carbonyl (C=O) groups excluding carboxylic acids is 1. The van der Waals surface area contributed by atoms with E-state index in [2.05, 4.69) is 11.9 Å². The van der Waals surface area contributed by atoms with E-state index < -0.39 is 10.0 Å². The van der Waals surface area contributed by atoms with Crippen molar-refractivity contribution in [3.05, 3.63) is 23.3 Å². The maximum Gasteiger partial charge on any atom is 0.248 e. The maximum atomic E-state index is 13.1. The van der Waals surface area contributed by atoms with Gasteiger partial charge < -0.3 is 19.3 Å². The van der Waals surface area contributed by atoms with Crippen molar-refractivity contribution >= 4 is 15.9 Å². The lowest BCUT2D eigenvalue weighted by molar-refractivity contribution is -0.137. The maximum absolute atomic E-state index is 13.1. The summed E-state index contributed by atoms with van der Waals surface area (Å²) < 4.78 is 38.3. The quantitative estimate of drug-likeness (QED) is 0.414. The number of sulfonamides is 1. The third-order valence-corrected chi connectivity index (χ3v) is 10.1. The Hall–Kier alpha value is -1.68. The van der Waals surface area contributed by atoms with E-state index in [1.54, 1.807) is 40.1 Å². The van der Waals surface area contributed by atoms with E-state index in [9.17, 15) is 13.2 Å². The van der Waals surface area contributed by atoms with E-state index in [-0.39, 0.29) is 25.7 Å². The highest BCUT2D eigenvalue weighted by Crippen LogP contribution is 2.29. The molecule has 0 aliphatic carbocycles. The van der Waals surface area contributed by atoms with Gasteiger partial charge in [-0.3, -0.25) is 4.79 Å². The lowest BCUT2D eigenvalue weighted by Crippen LogP contribution is -2.41. The summed E-state index contributed by atoms with van der Waals surface area (Å²) in [4.78, 5) is 17.2. The largest absolute Gasteiger partial charge is 0.497 e. The lowest BCUT2D eigenvalue weighted by Gasteiger charge is -2.34. The molecule has 9 heteroatoms. The Morgan fingerprint density at radius 2 is 1.53 bits per heavy atom. The number of likely N-dealkylation sites (tertiary alicyclic amines) is 2. The van der Waals surface area contributed by atoms with Gasteiger partial charge in [0.1, 0.15) is 12.4 Å². The minimum absolute atomic E-state index is 0.00359. The van der Waals surface area contributed by atoms with Gasteiger partial charge in [0.15, 0.2) is 0 Å². The third-order valence-electron chi connectivity index (χ3n) is 7.90. The lowest BCUT2D eigenvalue weighted by atomic mass is 9.85. The van der Waals surface area contributed by atoms with Crippen LogP contribution in [0, 0.1) is 25.7 Å². The molecular weight excluding hydrogens is 478 g/mol. The molecule has 8 nitrogen and oxygen atoms in total. The van der Waals surface area contributed by atoms with Gasteiger partial charge in [0.05, 0.1) is 18.6 Å². The second-order valence-electron chi connectivity index (χ2n) is 10.6. The molecule has 204 valence electrons. The molecule has 2 aliphatic rings. The number of rotatable bonds is 11. The zero-order valence-corrected chi connectivity index (χ0v) is 23.6. The number of hydrogen-bond donors (Lipinski definition) is 0. The number of benzene rings is 1. The number of aryl methyl sites for hydroxylation is 2. The Balaban J connectivity index is 1.36. The van der Waals surface area contributed by atoms with Gasteiger partial charge >= 0.3 is 0 Å². The van der Waals surface area contributed by atoms with Crippen molar-refractivity contribution in [3.63, 3.8) is 0 Å². The summed E-state index contributed by atoms with van der Waals surface area (Å²) in [5, 5.41) is 0. The molecule has 2 aliphatic heterocycles. The molecule has 0 spiro atoms. The minimum atomic E-state index is -3.67. The van der Waals surface area contributed by atoms with Crippen molar-refractivity contribution in [2.75, 3.05) is 67.1 Å². The molecule has 0 radical (unpaired) electrons. The molecule has 36 heavy (non-hydrogen) atoms. The monoisotopic (exact) mass is 523 g/mol. The second-order valence-corrected chi connectivity index (χ2v) is 12.6. The average Bonchev–Trinajstić information content (AvgIpc) is 2.85. The number of likely N-dealkylation sites (N-methyl/N-ethyl adjacent to an activating group) is 1. The van der Waals surface area contributed by atoms with Crippen LogP contribution in [-0.2, 0) is 19.6 Å². The summed E-state index contributed by atoms with van der Waals surface area (Å²) in [6.45, 7) is 7.92. The summed E-state index contributed by atoms with van der Waals surface area (Å²) in [6, 6.07) is 3.45. The molecule has 1 aromatic rings. The van der Waals surface area contributed by atoms with Crippen LogP contribution in [0.2, 0.25) is 0 Å². The Labute approximate surface area is 218 Å². The van der Waals surface area contributed by atoms with Crippen molar-refractivity contribution in [2.24, 2.45) is 11.8 Å². The normalized spacial score (nSPS) is 18.7. The Morgan fingerprint density at radius 3 is 2.06 bits per heavy atom. The topological polar surface area (TPSA) is 79.4 Å². The fourth-order valence-corrected chi connectivity index (χ4v) is 7.01. The molecule has 0 aromatic heterocycles. The van der Waals surface area contributed by atoms with Gasteiger partial charge in [-0.1, -0.05) is 12.8 Å². The smallest absolute Gasteiger partial charge is 0.248 e. The zero-order chi connectivity index (χ0) is 26.3. The molecule has 3 rings (SSSR count). The van der Waals surface area contributed by atoms with Crippen LogP contribution in [-0.4, -0.2) is 95.6 Å². The highest BCUT2D eigenvalue weighted by Gasteiger charge is 2.27. The van der Waals surface area contributed by atoms with E-state index in [0.717, 1.165) is 37.8 Å². The van der Waals surface area contributed by atoms with Crippen molar-refractivity contribution < 1.29 is 22.7 Å². The van der Waals surface area contributed by atoms with E-state index >= 15 is 0 Å². The molecular formula is C27H45N3O5S. The molecule has 0 N–H and O–H groups in total. The average molecular weight is 524 g/mol. The van der Waals surface area contributed by atoms with Gasteiger partial charge in [0.2, 0.25) is 15.9 Å². The van der Waals surface area contributed by atoms with Crippen molar-refractivity contribution in [2.45, 2.75) is 57.3 Å². The molecule has 0 saturated carbocycles. The van der Waals surface area contributed by atoms with Crippen LogP contribution in [0.15, 0.2) is 17.0 Å². The Bertz CT molecular complexity index is 945. The Morgan fingerprint density at radius 1 is 1.00 bits per heavy atom. The molecule has 0 bridgehead atoms. The van der Waals surface area contributed by atoms with E-state index in [0.29, 0.717) is 21.8 Å². The number of nitrogens with zero attached hydrogens (tertiary/aromatic N) is 3. The first-order chi connectivity index (χ1) is 17.1. The van der Waals surface area contributed by atoms with E-state index in [4.69, 9.17) is 9.47 Å². The second kappa shape index (κ2) is 13.2. The summed E-state index contributed by atoms with van der Waals surface area (Å²) in [5.74, 6) is 2.22. The number of carbonyl (C=O) groups is 1. The van der Waals surface area contributed by atoms with E-state index in [1.807, 2.05) is 4.90 Å². The number of ether oxygens (including phenoxy) is 2. The van der Waals surface area contributed by atoms with Gasteiger partial charge in [-0.15, -0.1) is 0 Å². The first-order valence-corrected chi connectivity index (χ1v) is 14.7. The SMILES string of the molecule is COc1cc(C)c(S(=O)(=O)N(C)CCOCC(=O)N2CCC(CCC3CCN(C)CC3)CC2)c(C)c1. The zero-order valence-electron chi connectivity index (χ0n) is 22.8.